The number of hydrogen-bond acceptors (Lipinski definition) is 4. The van der Waals surface area contributed by atoms with Crippen LogP contribution >= 0.6 is 11.3 Å². The molecule has 2 aromatic carbocycles. The molecule has 0 amide bonds. The third-order valence-electron chi connectivity index (χ3n) is 4.52. The van der Waals surface area contributed by atoms with E-state index in [2.05, 4.69) is 0 Å². The van der Waals surface area contributed by atoms with Crippen LogP contribution in [0, 0.1) is 30.7 Å². The largest absolute Gasteiger partial charge is 0.450 e. The Morgan fingerprint density at radius 2 is 1.57 bits per heavy atom. The molecule has 1 heterocycles. The smallest absolute Gasteiger partial charge is 0.230 e. The third kappa shape index (κ3) is 1.88. The van der Waals surface area contributed by atoms with Crippen molar-refractivity contribution in [3.05, 3.63) is 77.4 Å². The van der Waals surface area contributed by atoms with Gasteiger partial charge in [-0.2, -0.15) is 0 Å². The minimum absolute atomic E-state index is 0.137. The molecule has 0 saturated heterocycles. The number of aryl methyl sites for hydroxylation is 2. The maximum absolute atomic E-state index is 12.7. The van der Waals surface area contributed by atoms with Gasteiger partial charge in [-0.25, -0.2) is 0 Å². The molecule has 0 atom stereocenters. The van der Waals surface area contributed by atoms with E-state index in [0.717, 1.165) is 21.4 Å². The van der Waals surface area contributed by atoms with Crippen LogP contribution in [0.2, 0.25) is 0 Å². The Morgan fingerprint density at radius 1 is 0.913 bits per heavy atom. The second-order valence-corrected chi connectivity index (χ2v) is 6.89. The topological polar surface area (TPSA) is 47.3 Å². The molecule has 0 unspecified atom stereocenters. The van der Waals surface area contributed by atoms with Crippen molar-refractivity contribution < 1.29 is 4.42 Å². The Bertz CT molecular complexity index is 1280. The summed E-state index contributed by atoms with van der Waals surface area (Å²) in [6.07, 6.45) is 0. The molecule has 2 aliphatic rings. The summed E-state index contributed by atoms with van der Waals surface area (Å²) < 4.78 is 7.22. The van der Waals surface area contributed by atoms with Crippen molar-refractivity contribution in [1.29, 1.82) is 0 Å². The summed E-state index contributed by atoms with van der Waals surface area (Å²) in [5, 5.41) is 0.873. The maximum atomic E-state index is 12.7. The fraction of sp³-hybridized carbons (Fsp3) is 0.158. The van der Waals surface area contributed by atoms with Gasteiger partial charge in [0, 0.05) is 10.8 Å². The van der Waals surface area contributed by atoms with Gasteiger partial charge in [0.25, 0.3) is 0 Å². The molecule has 4 rings (SSSR count). The zero-order chi connectivity index (χ0) is 16.3. The molecule has 0 radical (unpaired) electrons. The number of rotatable bonds is 0. The van der Waals surface area contributed by atoms with E-state index in [1.54, 1.807) is 24.3 Å². The Kier molecular flexibility index (Phi) is 2.93. The van der Waals surface area contributed by atoms with E-state index in [-0.39, 0.29) is 16.3 Å². The molecule has 1 aliphatic carbocycles. The molecular weight excluding hydrogens is 308 g/mol. The Morgan fingerprint density at radius 3 is 2.26 bits per heavy atom. The molecular formula is C19H14O3S. The first-order chi connectivity index (χ1) is 11.0. The van der Waals surface area contributed by atoms with Gasteiger partial charge in [-0.05, 0) is 43.5 Å². The molecule has 0 aromatic heterocycles. The lowest BCUT2D eigenvalue weighted by atomic mass is 10.0. The normalized spacial score (nSPS) is 11.6. The molecule has 0 N–H and O–H groups in total. The van der Waals surface area contributed by atoms with Gasteiger partial charge in [0.05, 0.1) is 4.70 Å². The van der Waals surface area contributed by atoms with Crippen molar-refractivity contribution in [2.24, 2.45) is 0 Å². The van der Waals surface area contributed by atoms with Crippen LogP contribution in [0.5, 0.6) is 0 Å². The fourth-order valence-corrected chi connectivity index (χ4v) is 4.12. The van der Waals surface area contributed by atoms with Crippen molar-refractivity contribution >= 4 is 32.4 Å². The predicted octanol–water partition coefficient (Wildman–Crippen LogP) is 4.02. The highest BCUT2D eigenvalue weighted by molar-refractivity contribution is 7.16. The first-order valence-corrected chi connectivity index (χ1v) is 8.20. The minimum atomic E-state index is -0.217. The summed E-state index contributed by atoms with van der Waals surface area (Å²) in [6.45, 7) is 6.05. The molecule has 0 bridgehead atoms. The van der Waals surface area contributed by atoms with E-state index in [4.69, 9.17) is 4.42 Å². The molecule has 0 saturated carbocycles. The second-order valence-electron chi connectivity index (χ2n) is 5.84. The molecule has 1 aliphatic heterocycles. The van der Waals surface area contributed by atoms with Gasteiger partial charge in [0.1, 0.15) is 10.1 Å². The lowest BCUT2D eigenvalue weighted by molar-refractivity contribution is 0.564. The highest BCUT2D eigenvalue weighted by atomic mass is 32.1. The molecule has 2 aromatic rings. The van der Waals surface area contributed by atoms with Crippen LogP contribution < -0.4 is 10.9 Å². The van der Waals surface area contributed by atoms with E-state index in [1.807, 2.05) is 26.8 Å². The zero-order valence-electron chi connectivity index (χ0n) is 13.0. The number of benzene rings is 2. The van der Waals surface area contributed by atoms with Crippen LogP contribution in [-0.4, -0.2) is 0 Å². The Hall–Kier alpha value is -2.46. The van der Waals surface area contributed by atoms with Crippen molar-refractivity contribution in [1.82, 2.24) is 0 Å². The van der Waals surface area contributed by atoms with Gasteiger partial charge < -0.3 is 4.42 Å². The fourth-order valence-electron chi connectivity index (χ4n) is 2.95. The lowest BCUT2D eigenvalue weighted by Gasteiger charge is -2.08. The van der Waals surface area contributed by atoms with Crippen molar-refractivity contribution in [2.75, 3.05) is 0 Å². The van der Waals surface area contributed by atoms with Crippen molar-refractivity contribution in [3.63, 3.8) is 0 Å². The van der Waals surface area contributed by atoms with Gasteiger partial charge in [-0.15, -0.1) is 11.3 Å². The standard InChI is InChI=1S/C19H14O3S/c1-9-8-14-17(11(3)10(9)2)22-18-15(20)12-6-4-5-7-13(12)16(21)19(18)23-14/h4-8H,1-3H3. The maximum Gasteiger partial charge on any atom is 0.230 e. The van der Waals surface area contributed by atoms with E-state index in [9.17, 15) is 9.59 Å². The molecule has 0 spiro atoms. The van der Waals surface area contributed by atoms with Crippen LogP contribution in [-0.2, 0) is 0 Å². The van der Waals surface area contributed by atoms with E-state index < -0.39 is 0 Å². The second kappa shape index (κ2) is 4.77. The summed E-state index contributed by atoms with van der Waals surface area (Å²) >= 11 is 1.34. The third-order valence-corrected chi connectivity index (χ3v) is 5.62. The van der Waals surface area contributed by atoms with Crippen LogP contribution in [0.15, 0.2) is 44.3 Å². The SMILES string of the molecule is Cc1cc2sc3c(=O)c4ccccc4c(=O)c=3oc2c(C)c1C. The first-order valence-electron chi connectivity index (χ1n) is 7.38. The van der Waals surface area contributed by atoms with E-state index >= 15 is 0 Å². The van der Waals surface area contributed by atoms with Gasteiger partial charge in [-0.1, -0.05) is 24.3 Å². The molecule has 114 valence electrons. The van der Waals surface area contributed by atoms with E-state index in [0.29, 0.717) is 20.9 Å². The number of hydrogen-bond donors (Lipinski definition) is 0. The Labute approximate surface area is 135 Å². The van der Waals surface area contributed by atoms with Crippen LogP contribution in [0.25, 0.3) is 21.1 Å². The van der Waals surface area contributed by atoms with Crippen LogP contribution in [0.1, 0.15) is 16.7 Å². The number of fused-ring (bicyclic) bond motifs is 2. The van der Waals surface area contributed by atoms with Crippen molar-refractivity contribution in [2.45, 2.75) is 20.8 Å². The average Bonchev–Trinajstić information content (AvgIpc) is 2.57. The minimum Gasteiger partial charge on any atom is -0.450 e. The molecule has 23 heavy (non-hydrogen) atoms. The summed E-state index contributed by atoms with van der Waals surface area (Å²) in [6, 6.07) is 8.93. The quantitative estimate of drug-likeness (QED) is 0.491. The van der Waals surface area contributed by atoms with Crippen LogP contribution in [0.3, 0.4) is 0 Å². The summed E-state index contributed by atoms with van der Waals surface area (Å²) in [7, 11) is 0. The monoisotopic (exact) mass is 322 g/mol. The average molecular weight is 322 g/mol. The Balaban J connectivity index is 2.39. The molecule has 4 heteroatoms. The lowest BCUT2D eigenvalue weighted by Crippen LogP contribution is -2.14. The summed E-state index contributed by atoms with van der Waals surface area (Å²) in [5.74, 6) is 0. The van der Waals surface area contributed by atoms with Gasteiger partial charge in [0.2, 0.25) is 10.9 Å². The highest BCUT2D eigenvalue weighted by Gasteiger charge is 2.13. The van der Waals surface area contributed by atoms with Gasteiger partial charge >= 0.3 is 0 Å². The van der Waals surface area contributed by atoms with Crippen molar-refractivity contribution in [3.8, 4) is 0 Å². The van der Waals surface area contributed by atoms with Crippen LogP contribution in [0.4, 0.5) is 0 Å². The summed E-state index contributed by atoms with van der Waals surface area (Å²) in [5.41, 5.74) is 3.81. The summed E-state index contributed by atoms with van der Waals surface area (Å²) in [4.78, 5) is 25.5. The predicted molar refractivity (Wildman–Crippen MR) is 93.6 cm³/mol. The van der Waals surface area contributed by atoms with Gasteiger partial charge in [0.15, 0.2) is 5.42 Å². The first kappa shape index (κ1) is 14.2. The molecule has 3 nitrogen and oxygen atoms in total. The highest BCUT2D eigenvalue weighted by Crippen LogP contribution is 2.28. The molecule has 0 fully saturated rings. The van der Waals surface area contributed by atoms with E-state index in [1.165, 1.54) is 11.3 Å². The van der Waals surface area contributed by atoms with Gasteiger partial charge in [-0.3, -0.25) is 9.59 Å². The zero-order valence-corrected chi connectivity index (χ0v) is 13.8.